The maximum atomic E-state index is 11.7. The first-order chi connectivity index (χ1) is 8.11. The molecule has 1 saturated heterocycles. The Bertz CT molecular complexity index is 397. The lowest BCUT2D eigenvalue weighted by Crippen LogP contribution is -2.09. The first kappa shape index (κ1) is 12.1. The Kier molecular flexibility index (Phi) is 3.48. The van der Waals surface area contributed by atoms with Crippen LogP contribution in [0, 0.1) is 5.92 Å². The fourth-order valence-electron chi connectivity index (χ4n) is 1.81. The second-order valence-corrected chi connectivity index (χ2v) is 4.74. The van der Waals surface area contributed by atoms with E-state index >= 15 is 0 Å². The van der Waals surface area contributed by atoms with E-state index in [1.165, 1.54) is 0 Å². The fourth-order valence-corrected chi connectivity index (χ4v) is 1.81. The third-order valence-electron chi connectivity index (χ3n) is 2.99. The van der Waals surface area contributed by atoms with Gasteiger partial charge in [0.1, 0.15) is 6.10 Å². The minimum atomic E-state index is 0.0463. The molecule has 1 heterocycles. The van der Waals surface area contributed by atoms with Crippen LogP contribution < -0.4 is 5.32 Å². The number of epoxide rings is 1. The van der Waals surface area contributed by atoms with Crippen LogP contribution in [0.2, 0.25) is 0 Å². The van der Waals surface area contributed by atoms with Crippen LogP contribution in [-0.4, -0.2) is 18.1 Å². The van der Waals surface area contributed by atoms with Gasteiger partial charge in [-0.1, -0.05) is 20.8 Å². The van der Waals surface area contributed by atoms with Crippen LogP contribution in [0.4, 0.5) is 5.69 Å². The third-order valence-corrected chi connectivity index (χ3v) is 2.99. The van der Waals surface area contributed by atoms with Crippen molar-refractivity contribution in [2.45, 2.75) is 39.5 Å². The van der Waals surface area contributed by atoms with E-state index in [4.69, 9.17) is 4.74 Å². The Balaban J connectivity index is 1.96. The highest BCUT2D eigenvalue weighted by Gasteiger charge is 2.36. The molecule has 0 saturated carbocycles. The molecule has 3 nitrogen and oxygen atoms in total. The van der Waals surface area contributed by atoms with E-state index in [1.54, 1.807) is 0 Å². The molecule has 92 valence electrons. The van der Waals surface area contributed by atoms with E-state index < -0.39 is 0 Å². The molecule has 0 amide bonds. The van der Waals surface area contributed by atoms with Gasteiger partial charge in [-0.2, -0.15) is 0 Å². The van der Waals surface area contributed by atoms with Crippen molar-refractivity contribution in [1.29, 1.82) is 0 Å². The largest absolute Gasteiger partial charge is 0.358 e. The predicted molar refractivity (Wildman–Crippen MR) is 68.2 cm³/mol. The van der Waals surface area contributed by atoms with Crippen LogP contribution in [0.15, 0.2) is 24.3 Å². The third kappa shape index (κ3) is 2.86. The Morgan fingerprint density at radius 1 is 1.35 bits per heavy atom. The summed E-state index contributed by atoms with van der Waals surface area (Å²) in [5.74, 6) is 0.232. The molecule has 2 atom stereocenters. The van der Waals surface area contributed by atoms with Crippen molar-refractivity contribution < 1.29 is 9.53 Å². The van der Waals surface area contributed by atoms with Gasteiger partial charge in [-0.3, -0.25) is 4.79 Å². The Hall–Kier alpha value is -1.35. The van der Waals surface area contributed by atoms with Crippen LogP contribution in [0.5, 0.6) is 0 Å². The van der Waals surface area contributed by atoms with Gasteiger partial charge < -0.3 is 10.1 Å². The molecule has 0 aromatic heterocycles. The van der Waals surface area contributed by atoms with Gasteiger partial charge in [0.05, 0.1) is 0 Å². The molecule has 2 unspecified atom stereocenters. The summed E-state index contributed by atoms with van der Waals surface area (Å²) < 4.78 is 5.41. The highest BCUT2D eigenvalue weighted by molar-refractivity contribution is 5.97. The normalized spacial score (nSPS) is 22.6. The molecule has 1 fully saturated rings. The van der Waals surface area contributed by atoms with Gasteiger partial charge in [0.15, 0.2) is 12.0 Å². The van der Waals surface area contributed by atoms with Crippen molar-refractivity contribution in [3.63, 3.8) is 0 Å². The summed E-state index contributed by atoms with van der Waals surface area (Å²) in [5, 5.41) is 3.28. The van der Waals surface area contributed by atoms with Crippen LogP contribution in [0.1, 0.15) is 37.6 Å². The number of rotatable bonds is 5. The standard InChI is InChI=1S/C14H19NO2/c1-4-12-14(17-12)15-11-7-5-10(6-8-11)13(16)9(2)3/h5-9,12,14-15H,4H2,1-3H3. The van der Waals surface area contributed by atoms with Gasteiger partial charge in [0, 0.05) is 17.2 Å². The zero-order valence-electron chi connectivity index (χ0n) is 10.6. The lowest BCUT2D eigenvalue weighted by Gasteiger charge is -2.06. The molecule has 0 aliphatic carbocycles. The fraction of sp³-hybridized carbons (Fsp3) is 0.500. The molecule has 1 N–H and O–H groups in total. The number of carbonyl (C=O) groups is 1. The summed E-state index contributed by atoms with van der Waals surface area (Å²) >= 11 is 0. The summed E-state index contributed by atoms with van der Waals surface area (Å²) in [6.45, 7) is 5.94. The topological polar surface area (TPSA) is 41.6 Å². The average Bonchev–Trinajstić information content (AvgIpc) is 3.07. The minimum Gasteiger partial charge on any atom is -0.358 e. The molecule has 1 aliphatic rings. The molecule has 0 spiro atoms. The molecule has 3 heteroatoms. The molecule has 1 aromatic carbocycles. The maximum absolute atomic E-state index is 11.7. The van der Waals surface area contributed by atoms with E-state index in [2.05, 4.69) is 12.2 Å². The highest BCUT2D eigenvalue weighted by atomic mass is 16.6. The van der Waals surface area contributed by atoms with Gasteiger partial charge in [-0.05, 0) is 30.7 Å². The zero-order valence-corrected chi connectivity index (χ0v) is 10.6. The van der Waals surface area contributed by atoms with Gasteiger partial charge in [0.2, 0.25) is 0 Å². The molecular formula is C14H19NO2. The van der Waals surface area contributed by atoms with E-state index in [0.29, 0.717) is 6.10 Å². The van der Waals surface area contributed by atoms with Crippen molar-refractivity contribution in [1.82, 2.24) is 0 Å². The van der Waals surface area contributed by atoms with Crippen molar-refractivity contribution in [2.24, 2.45) is 5.92 Å². The number of ether oxygens (including phenoxy) is 1. The van der Waals surface area contributed by atoms with Crippen molar-refractivity contribution in [3.05, 3.63) is 29.8 Å². The molecule has 17 heavy (non-hydrogen) atoms. The number of anilines is 1. The first-order valence-electron chi connectivity index (χ1n) is 6.18. The Morgan fingerprint density at radius 2 is 2.00 bits per heavy atom. The number of nitrogens with one attached hydrogen (secondary N) is 1. The van der Waals surface area contributed by atoms with E-state index in [1.807, 2.05) is 38.1 Å². The van der Waals surface area contributed by atoms with E-state index in [9.17, 15) is 4.79 Å². The van der Waals surface area contributed by atoms with E-state index in [0.717, 1.165) is 17.7 Å². The number of hydrogen-bond donors (Lipinski definition) is 1. The maximum Gasteiger partial charge on any atom is 0.165 e. The number of Topliss-reactive ketones (excluding diaryl/α,β-unsaturated/α-hetero) is 1. The van der Waals surface area contributed by atoms with Gasteiger partial charge in [0.25, 0.3) is 0 Å². The van der Waals surface area contributed by atoms with Gasteiger partial charge in [-0.25, -0.2) is 0 Å². The van der Waals surface area contributed by atoms with Crippen molar-refractivity contribution in [2.75, 3.05) is 5.32 Å². The lowest BCUT2D eigenvalue weighted by molar-refractivity contribution is 0.0939. The summed E-state index contributed by atoms with van der Waals surface area (Å²) in [7, 11) is 0. The first-order valence-corrected chi connectivity index (χ1v) is 6.18. The monoisotopic (exact) mass is 233 g/mol. The number of benzene rings is 1. The summed E-state index contributed by atoms with van der Waals surface area (Å²) in [5.41, 5.74) is 1.78. The van der Waals surface area contributed by atoms with Crippen molar-refractivity contribution >= 4 is 11.5 Å². The Labute approximate surface area is 102 Å². The summed E-state index contributed by atoms with van der Waals surface area (Å²) in [6, 6.07) is 7.61. The molecular weight excluding hydrogens is 214 g/mol. The quantitative estimate of drug-likeness (QED) is 0.627. The molecule has 1 aliphatic heterocycles. The molecule has 1 aromatic rings. The number of ketones is 1. The Morgan fingerprint density at radius 3 is 2.47 bits per heavy atom. The van der Waals surface area contributed by atoms with E-state index in [-0.39, 0.29) is 17.9 Å². The van der Waals surface area contributed by atoms with Gasteiger partial charge >= 0.3 is 0 Å². The van der Waals surface area contributed by atoms with Crippen molar-refractivity contribution in [3.8, 4) is 0 Å². The number of hydrogen-bond acceptors (Lipinski definition) is 3. The van der Waals surface area contributed by atoms with Crippen LogP contribution in [-0.2, 0) is 4.74 Å². The van der Waals surface area contributed by atoms with Gasteiger partial charge in [-0.15, -0.1) is 0 Å². The number of carbonyl (C=O) groups excluding carboxylic acids is 1. The second-order valence-electron chi connectivity index (χ2n) is 4.74. The minimum absolute atomic E-state index is 0.0463. The molecule has 2 rings (SSSR count). The summed E-state index contributed by atoms with van der Waals surface area (Å²) in [6.07, 6.45) is 1.51. The highest BCUT2D eigenvalue weighted by Crippen LogP contribution is 2.26. The predicted octanol–water partition coefficient (Wildman–Crippen LogP) is 3.07. The van der Waals surface area contributed by atoms with Crippen LogP contribution in [0.3, 0.4) is 0 Å². The lowest BCUT2D eigenvalue weighted by atomic mass is 10.0. The summed E-state index contributed by atoms with van der Waals surface area (Å²) in [4.78, 5) is 11.7. The molecule has 0 radical (unpaired) electrons. The molecule has 0 bridgehead atoms. The average molecular weight is 233 g/mol. The second kappa shape index (κ2) is 4.88. The van der Waals surface area contributed by atoms with Crippen LogP contribution in [0.25, 0.3) is 0 Å². The van der Waals surface area contributed by atoms with Crippen LogP contribution >= 0.6 is 0 Å². The SMILES string of the molecule is CCC1OC1Nc1ccc(C(=O)C(C)C)cc1. The smallest absolute Gasteiger partial charge is 0.165 e. The zero-order chi connectivity index (χ0) is 12.4.